The zero-order valence-electron chi connectivity index (χ0n) is 10.3. The molecule has 4 nitrogen and oxygen atoms in total. The molecule has 0 amide bonds. The van der Waals surface area contributed by atoms with Crippen LogP contribution in [-0.2, 0) is 0 Å². The number of hydrogen-bond donors (Lipinski definition) is 2. The van der Waals surface area contributed by atoms with Crippen LogP contribution in [-0.4, -0.2) is 36.3 Å². The third-order valence-corrected chi connectivity index (χ3v) is 2.22. The summed E-state index contributed by atoms with van der Waals surface area (Å²) in [6, 6.07) is 5.87. The fraction of sp³-hybridized carbons (Fsp3) is 0.583. The van der Waals surface area contributed by atoms with Crippen molar-refractivity contribution in [1.82, 2.24) is 4.98 Å². The monoisotopic (exact) mass is 223 g/mol. The number of anilines is 2. The van der Waals surface area contributed by atoms with Crippen LogP contribution in [0.25, 0.3) is 0 Å². The Hall–Kier alpha value is -1.29. The Morgan fingerprint density at radius 1 is 1.50 bits per heavy atom. The van der Waals surface area contributed by atoms with E-state index >= 15 is 0 Å². The minimum Gasteiger partial charge on any atom is -0.392 e. The molecule has 1 unspecified atom stereocenters. The van der Waals surface area contributed by atoms with E-state index in [1.165, 1.54) is 0 Å². The van der Waals surface area contributed by atoms with E-state index in [1.807, 2.05) is 30.1 Å². The van der Waals surface area contributed by atoms with Crippen LogP contribution in [0.15, 0.2) is 18.2 Å². The number of aromatic nitrogens is 1. The SMILES string of the molecule is CCCNc1cccc(N(C)CC(C)O)n1. The summed E-state index contributed by atoms with van der Waals surface area (Å²) in [4.78, 5) is 6.41. The van der Waals surface area contributed by atoms with Crippen LogP contribution in [0.5, 0.6) is 0 Å². The number of likely N-dealkylation sites (N-methyl/N-ethyl adjacent to an activating group) is 1. The van der Waals surface area contributed by atoms with Crippen LogP contribution in [0.3, 0.4) is 0 Å². The van der Waals surface area contributed by atoms with Gasteiger partial charge in [-0.1, -0.05) is 13.0 Å². The van der Waals surface area contributed by atoms with Crippen molar-refractivity contribution in [1.29, 1.82) is 0 Å². The van der Waals surface area contributed by atoms with Gasteiger partial charge >= 0.3 is 0 Å². The predicted octanol–water partition coefficient (Wildman–Crippen LogP) is 1.72. The number of aliphatic hydroxyl groups excluding tert-OH is 1. The molecule has 0 saturated heterocycles. The Morgan fingerprint density at radius 2 is 2.25 bits per heavy atom. The molecule has 0 aliphatic rings. The first-order valence-corrected chi connectivity index (χ1v) is 5.73. The molecule has 4 heteroatoms. The summed E-state index contributed by atoms with van der Waals surface area (Å²) in [7, 11) is 1.93. The molecule has 90 valence electrons. The molecular formula is C12H21N3O. The fourth-order valence-electron chi connectivity index (χ4n) is 1.48. The highest BCUT2D eigenvalue weighted by Gasteiger charge is 2.05. The van der Waals surface area contributed by atoms with Crippen LogP contribution in [0, 0.1) is 0 Å². The fourth-order valence-corrected chi connectivity index (χ4v) is 1.48. The largest absolute Gasteiger partial charge is 0.392 e. The molecule has 0 aromatic carbocycles. The summed E-state index contributed by atoms with van der Waals surface area (Å²) >= 11 is 0. The minimum absolute atomic E-state index is 0.348. The summed E-state index contributed by atoms with van der Waals surface area (Å²) in [6.07, 6.45) is 0.731. The predicted molar refractivity (Wildman–Crippen MR) is 68.0 cm³/mol. The van der Waals surface area contributed by atoms with Gasteiger partial charge in [-0.2, -0.15) is 0 Å². The number of nitrogens with one attached hydrogen (secondary N) is 1. The Morgan fingerprint density at radius 3 is 2.88 bits per heavy atom. The molecule has 0 aliphatic heterocycles. The molecule has 0 aliphatic carbocycles. The van der Waals surface area contributed by atoms with E-state index in [4.69, 9.17) is 0 Å². The van der Waals surface area contributed by atoms with E-state index in [0.29, 0.717) is 6.54 Å². The van der Waals surface area contributed by atoms with Gasteiger partial charge in [-0.15, -0.1) is 0 Å². The van der Waals surface area contributed by atoms with Crippen LogP contribution in [0.1, 0.15) is 20.3 Å². The molecule has 0 radical (unpaired) electrons. The van der Waals surface area contributed by atoms with Crippen LogP contribution in [0.4, 0.5) is 11.6 Å². The molecule has 1 heterocycles. The molecular weight excluding hydrogens is 202 g/mol. The number of rotatable bonds is 6. The smallest absolute Gasteiger partial charge is 0.130 e. The lowest BCUT2D eigenvalue weighted by Crippen LogP contribution is -2.27. The van der Waals surface area contributed by atoms with Crippen molar-refractivity contribution in [3.8, 4) is 0 Å². The molecule has 0 bridgehead atoms. The Labute approximate surface area is 97.3 Å². The molecule has 0 fully saturated rings. The molecule has 1 aromatic rings. The van der Waals surface area contributed by atoms with Gasteiger partial charge in [0.15, 0.2) is 0 Å². The quantitative estimate of drug-likeness (QED) is 0.771. The topological polar surface area (TPSA) is 48.4 Å². The number of hydrogen-bond acceptors (Lipinski definition) is 4. The highest BCUT2D eigenvalue weighted by Crippen LogP contribution is 2.13. The first-order valence-electron chi connectivity index (χ1n) is 5.73. The van der Waals surface area contributed by atoms with E-state index in [1.54, 1.807) is 6.92 Å². The highest BCUT2D eigenvalue weighted by atomic mass is 16.3. The normalized spacial score (nSPS) is 12.2. The van der Waals surface area contributed by atoms with Crippen molar-refractivity contribution in [2.75, 3.05) is 30.4 Å². The summed E-state index contributed by atoms with van der Waals surface area (Å²) in [5.41, 5.74) is 0. The zero-order chi connectivity index (χ0) is 12.0. The van der Waals surface area contributed by atoms with E-state index in [9.17, 15) is 5.11 Å². The van der Waals surface area contributed by atoms with Gasteiger partial charge in [0.25, 0.3) is 0 Å². The summed E-state index contributed by atoms with van der Waals surface area (Å²) in [6.45, 7) is 5.41. The summed E-state index contributed by atoms with van der Waals surface area (Å²) in [5.74, 6) is 1.76. The lowest BCUT2D eigenvalue weighted by Gasteiger charge is -2.20. The van der Waals surface area contributed by atoms with E-state index < -0.39 is 0 Å². The van der Waals surface area contributed by atoms with Gasteiger partial charge in [-0.3, -0.25) is 0 Å². The Bertz CT molecular complexity index is 315. The average Bonchev–Trinajstić information content (AvgIpc) is 2.26. The Balaban J connectivity index is 2.65. The maximum Gasteiger partial charge on any atom is 0.130 e. The standard InChI is InChI=1S/C12H21N3O/c1-4-8-13-11-6-5-7-12(14-11)15(3)9-10(2)16/h5-7,10,16H,4,8-9H2,1-3H3,(H,13,14). The van der Waals surface area contributed by atoms with E-state index in [0.717, 1.165) is 24.6 Å². The van der Waals surface area contributed by atoms with E-state index in [2.05, 4.69) is 17.2 Å². The van der Waals surface area contributed by atoms with Gasteiger partial charge in [0.2, 0.25) is 0 Å². The van der Waals surface area contributed by atoms with Gasteiger partial charge in [-0.25, -0.2) is 4.98 Å². The molecule has 1 aromatic heterocycles. The van der Waals surface area contributed by atoms with Crippen LogP contribution < -0.4 is 10.2 Å². The van der Waals surface area contributed by atoms with Gasteiger partial charge in [0.1, 0.15) is 11.6 Å². The van der Waals surface area contributed by atoms with Crippen molar-refractivity contribution in [3.05, 3.63) is 18.2 Å². The van der Waals surface area contributed by atoms with Crippen molar-refractivity contribution in [3.63, 3.8) is 0 Å². The molecule has 0 saturated carbocycles. The minimum atomic E-state index is -0.348. The maximum atomic E-state index is 9.31. The summed E-state index contributed by atoms with van der Waals surface area (Å²) < 4.78 is 0. The zero-order valence-corrected chi connectivity index (χ0v) is 10.3. The van der Waals surface area contributed by atoms with Gasteiger partial charge < -0.3 is 15.3 Å². The number of nitrogens with zero attached hydrogens (tertiary/aromatic N) is 2. The van der Waals surface area contributed by atoms with Gasteiger partial charge in [-0.05, 0) is 25.5 Å². The maximum absolute atomic E-state index is 9.31. The number of pyridine rings is 1. The molecule has 16 heavy (non-hydrogen) atoms. The molecule has 1 rings (SSSR count). The van der Waals surface area contributed by atoms with E-state index in [-0.39, 0.29) is 6.10 Å². The van der Waals surface area contributed by atoms with Crippen molar-refractivity contribution in [2.24, 2.45) is 0 Å². The van der Waals surface area contributed by atoms with Crippen molar-refractivity contribution < 1.29 is 5.11 Å². The average molecular weight is 223 g/mol. The molecule has 1 atom stereocenters. The van der Waals surface area contributed by atoms with Crippen molar-refractivity contribution >= 4 is 11.6 Å². The third-order valence-electron chi connectivity index (χ3n) is 2.22. The number of aliphatic hydroxyl groups is 1. The van der Waals surface area contributed by atoms with Gasteiger partial charge in [0, 0.05) is 20.1 Å². The first kappa shape index (κ1) is 12.8. The van der Waals surface area contributed by atoms with Crippen molar-refractivity contribution in [2.45, 2.75) is 26.4 Å². The Kier molecular flexibility index (Phi) is 5.05. The van der Waals surface area contributed by atoms with Crippen LogP contribution in [0.2, 0.25) is 0 Å². The van der Waals surface area contributed by atoms with Gasteiger partial charge in [0.05, 0.1) is 6.10 Å². The second-order valence-electron chi connectivity index (χ2n) is 4.04. The lowest BCUT2D eigenvalue weighted by molar-refractivity contribution is 0.201. The lowest BCUT2D eigenvalue weighted by atomic mass is 10.3. The third kappa shape index (κ3) is 4.06. The summed E-state index contributed by atoms with van der Waals surface area (Å²) in [5, 5.41) is 12.6. The second kappa shape index (κ2) is 6.33. The molecule has 2 N–H and O–H groups in total. The second-order valence-corrected chi connectivity index (χ2v) is 4.04. The first-order chi connectivity index (χ1) is 7.63. The van der Waals surface area contributed by atoms with Crippen LogP contribution >= 0.6 is 0 Å². The highest BCUT2D eigenvalue weighted by molar-refractivity contribution is 5.46. The molecule has 0 spiro atoms.